The zero-order valence-electron chi connectivity index (χ0n) is 10.7. The van der Waals surface area contributed by atoms with Crippen molar-refractivity contribution < 1.29 is 0 Å². The molecule has 0 aliphatic carbocycles. The average Bonchev–Trinajstić information content (AvgIpc) is 2.40. The SMILES string of the molecule is C=CCCC(NN)c1cc(C)c2ccccc2n1. The van der Waals surface area contributed by atoms with E-state index in [1.807, 2.05) is 24.3 Å². The summed E-state index contributed by atoms with van der Waals surface area (Å²) in [5, 5.41) is 1.20. The number of nitrogens with zero attached hydrogens (tertiary/aromatic N) is 1. The smallest absolute Gasteiger partial charge is 0.0708 e. The zero-order chi connectivity index (χ0) is 13.0. The summed E-state index contributed by atoms with van der Waals surface area (Å²) in [7, 11) is 0. The second kappa shape index (κ2) is 5.76. The number of benzene rings is 1. The summed E-state index contributed by atoms with van der Waals surface area (Å²) >= 11 is 0. The van der Waals surface area contributed by atoms with Crippen molar-refractivity contribution in [1.82, 2.24) is 10.4 Å². The third-order valence-corrected chi connectivity index (χ3v) is 3.16. The van der Waals surface area contributed by atoms with Gasteiger partial charge >= 0.3 is 0 Å². The maximum absolute atomic E-state index is 5.62. The fourth-order valence-corrected chi connectivity index (χ4v) is 2.16. The molecule has 0 spiro atoms. The second-order valence-electron chi connectivity index (χ2n) is 4.47. The van der Waals surface area contributed by atoms with Crippen molar-refractivity contribution >= 4 is 10.9 Å². The van der Waals surface area contributed by atoms with E-state index in [9.17, 15) is 0 Å². The average molecular weight is 241 g/mol. The Labute approximate surface area is 108 Å². The molecule has 0 saturated heterocycles. The van der Waals surface area contributed by atoms with Crippen molar-refractivity contribution in [3.05, 3.63) is 54.2 Å². The van der Waals surface area contributed by atoms with Gasteiger partial charge in [-0.1, -0.05) is 24.3 Å². The van der Waals surface area contributed by atoms with Crippen LogP contribution in [-0.4, -0.2) is 4.98 Å². The van der Waals surface area contributed by atoms with Crippen LogP contribution < -0.4 is 11.3 Å². The number of fused-ring (bicyclic) bond motifs is 1. The molecule has 0 aliphatic heterocycles. The largest absolute Gasteiger partial charge is 0.271 e. The summed E-state index contributed by atoms with van der Waals surface area (Å²) in [6, 6.07) is 10.4. The van der Waals surface area contributed by atoms with Crippen LogP contribution in [0.2, 0.25) is 0 Å². The van der Waals surface area contributed by atoms with Crippen LogP contribution in [0.1, 0.15) is 30.1 Å². The highest BCUT2D eigenvalue weighted by Gasteiger charge is 2.12. The minimum absolute atomic E-state index is 0.0753. The van der Waals surface area contributed by atoms with E-state index >= 15 is 0 Å². The standard InChI is InChI=1S/C15H19N3/c1-3-4-8-14(18-16)15-10-11(2)12-7-5-6-9-13(12)17-15/h3,5-7,9-10,14,18H,1,4,8,16H2,2H3. The van der Waals surface area contributed by atoms with Crippen LogP contribution in [0.3, 0.4) is 0 Å². The van der Waals surface area contributed by atoms with E-state index in [1.165, 1.54) is 10.9 Å². The van der Waals surface area contributed by atoms with Crippen LogP contribution in [0.15, 0.2) is 43.0 Å². The lowest BCUT2D eigenvalue weighted by atomic mass is 10.0. The fraction of sp³-hybridized carbons (Fsp3) is 0.267. The predicted octanol–water partition coefficient (Wildman–Crippen LogP) is 3.01. The number of allylic oxidation sites excluding steroid dienone is 1. The highest BCUT2D eigenvalue weighted by molar-refractivity contribution is 5.82. The lowest BCUT2D eigenvalue weighted by Crippen LogP contribution is -2.28. The van der Waals surface area contributed by atoms with Gasteiger partial charge in [-0.05, 0) is 37.5 Å². The van der Waals surface area contributed by atoms with Crippen LogP contribution in [0.25, 0.3) is 10.9 Å². The maximum Gasteiger partial charge on any atom is 0.0708 e. The lowest BCUT2D eigenvalue weighted by Gasteiger charge is -2.16. The van der Waals surface area contributed by atoms with Gasteiger partial charge in [-0.3, -0.25) is 16.3 Å². The van der Waals surface area contributed by atoms with Crippen molar-refractivity contribution in [1.29, 1.82) is 0 Å². The van der Waals surface area contributed by atoms with E-state index < -0.39 is 0 Å². The first kappa shape index (κ1) is 12.7. The van der Waals surface area contributed by atoms with Gasteiger partial charge in [-0.15, -0.1) is 6.58 Å². The number of hydrazine groups is 1. The highest BCUT2D eigenvalue weighted by Crippen LogP contribution is 2.22. The Kier molecular flexibility index (Phi) is 4.07. The van der Waals surface area contributed by atoms with Crippen LogP contribution in [-0.2, 0) is 0 Å². The van der Waals surface area contributed by atoms with Gasteiger partial charge in [-0.2, -0.15) is 0 Å². The van der Waals surface area contributed by atoms with Crippen LogP contribution in [0.4, 0.5) is 0 Å². The zero-order valence-corrected chi connectivity index (χ0v) is 10.7. The molecule has 0 radical (unpaired) electrons. The number of nitrogens with one attached hydrogen (secondary N) is 1. The summed E-state index contributed by atoms with van der Waals surface area (Å²) in [5.74, 6) is 5.62. The van der Waals surface area contributed by atoms with Crippen molar-refractivity contribution in [2.75, 3.05) is 0 Å². The van der Waals surface area contributed by atoms with E-state index in [0.29, 0.717) is 0 Å². The molecule has 2 rings (SSSR count). The molecule has 3 N–H and O–H groups in total. The molecule has 3 heteroatoms. The summed E-state index contributed by atoms with van der Waals surface area (Å²) in [6.07, 6.45) is 3.73. The number of para-hydroxylation sites is 1. The molecule has 1 aromatic heterocycles. The molecule has 3 nitrogen and oxygen atoms in total. The molecule has 0 aliphatic rings. The summed E-state index contributed by atoms with van der Waals surface area (Å²) in [4.78, 5) is 4.68. The summed E-state index contributed by atoms with van der Waals surface area (Å²) < 4.78 is 0. The normalized spacial score (nSPS) is 12.6. The Balaban J connectivity index is 2.41. The molecule has 1 atom stereocenters. The van der Waals surface area contributed by atoms with E-state index in [-0.39, 0.29) is 6.04 Å². The minimum Gasteiger partial charge on any atom is -0.271 e. The Morgan fingerprint density at radius 1 is 1.44 bits per heavy atom. The Hall–Kier alpha value is -1.71. The van der Waals surface area contributed by atoms with Crippen LogP contribution in [0.5, 0.6) is 0 Å². The Morgan fingerprint density at radius 2 is 2.22 bits per heavy atom. The van der Waals surface area contributed by atoms with Gasteiger partial charge in [0.15, 0.2) is 0 Å². The number of nitrogens with two attached hydrogens (primary N) is 1. The first-order valence-electron chi connectivity index (χ1n) is 6.19. The van der Waals surface area contributed by atoms with E-state index in [0.717, 1.165) is 24.1 Å². The van der Waals surface area contributed by atoms with E-state index in [2.05, 4.69) is 36.0 Å². The molecule has 94 valence electrons. The summed E-state index contributed by atoms with van der Waals surface area (Å²) in [6.45, 7) is 5.84. The number of hydrogen-bond donors (Lipinski definition) is 2. The van der Waals surface area contributed by atoms with Crippen molar-refractivity contribution in [2.45, 2.75) is 25.8 Å². The third-order valence-electron chi connectivity index (χ3n) is 3.16. The number of hydrogen-bond acceptors (Lipinski definition) is 3. The molecule has 1 heterocycles. The Morgan fingerprint density at radius 3 is 2.94 bits per heavy atom. The van der Waals surface area contributed by atoms with Gasteiger partial charge in [0.1, 0.15) is 0 Å². The van der Waals surface area contributed by atoms with Crippen molar-refractivity contribution in [3.8, 4) is 0 Å². The molecule has 0 amide bonds. The molecule has 2 aromatic rings. The first-order chi connectivity index (χ1) is 8.76. The molecular formula is C15H19N3. The number of pyridine rings is 1. The topological polar surface area (TPSA) is 50.9 Å². The Bertz CT molecular complexity index is 548. The molecule has 0 fully saturated rings. The second-order valence-corrected chi connectivity index (χ2v) is 4.47. The third kappa shape index (κ3) is 2.58. The number of rotatable bonds is 5. The van der Waals surface area contributed by atoms with E-state index in [1.54, 1.807) is 0 Å². The quantitative estimate of drug-likeness (QED) is 0.480. The van der Waals surface area contributed by atoms with Crippen molar-refractivity contribution in [2.24, 2.45) is 5.84 Å². The predicted molar refractivity (Wildman–Crippen MR) is 76.0 cm³/mol. The molecule has 18 heavy (non-hydrogen) atoms. The molecule has 0 saturated carbocycles. The molecule has 1 unspecified atom stereocenters. The first-order valence-corrected chi connectivity index (χ1v) is 6.19. The minimum atomic E-state index is 0.0753. The fourth-order valence-electron chi connectivity index (χ4n) is 2.16. The highest BCUT2D eigenvalue weighted by atomic mass is 15.2. The molecule has 1 aromatic carbocycles. The van der Waals surface area contributed by atoms with Gasteiger partial charge in [0.25, 0.3) is 0 Å². The molecular weight excluding hydrogens is 222 g/mol. The van der Waals surface area contributed by atoms with Crippen molar-refractivity contribution in [3.63, 3.8) is 0 Å². The maximum atomic E-state index is 5.62. The molecule has 0 bridgehead atoms. The monoisotopic (exact) mass is 241 g/mol. The van der Waals surface area contributed by atoms with Gasteiger partial charge in [0.2, 0.25) is 0 Å². The van der Waals surface area contributed by atoms with Gasteiger partial charge in [0.05, 0.1) is 17.3 Å². The van der Waals surface area contributed by atoms with Crippen LogP contribution >= 0.6 is 0 Å². The van der Waals surface area contributed by atoms with Gasteiger partial charge in [0, 0.05) is 5.39 Å². The van der Waals surface area contributed by atoms with E-state index in [4.69, 9.17) is 5.84 Å². The van der Waals surface area contributed by atoms with Crippen LogP contribution in [0, 0.1) is 6.92 Å². The number of aromatic nitrogens is 1. The van der Waals surface area contributed by atoms with Gasteiger partial charge in [-0.25, -0.2) is 0 Å². The van der Waals surface area contributed by atoms with Gasteiger partial charge < -0.3 is 0 Å². The summed E-state index contributed by atoms with van der Waals surface area (Å²) in [5.41, 5.74) is 6.08. The number of aryl methyl sites for hydroxylation is 1. The lowest BCUT2D eigenvalue weighted by molar-refractivity contribution is 0.510.